The van der Waals surface area contributed by atoms with Crippen LogP contribution in [0.25, 0.3) is 0 Å². The first-order chi connectivity index (χ1) is 8.66. The Labute approximate surface area is 111 Å². The quantitative estimate of drug-likeness (QED) is 0.779. The molecule has 2 unspecified atom stereocenters. The van der Waals surface area contributed by atoms with Gasteiger partial charge in [0.1, 0.15) is 0 Å². The molecule has 1 amide bonds. The fourth-order valence-electron chi connectivity index (χ4n) is 3.54. The number of rotatable bonds is 1. The van der Waals surface area contributed by atoms with Gasteiger partial charge in [0.25, 0.3) is 0 Å². The molecule has 0 aromatic rings. The molecule has 2 rings (SSSR count). The first-order valence-electron chi connectivity index (χ1n) is 7.71. The van der Waals surface area contributed by atoms with E-state index in [0.717, 1.165) is 32.4 Å². The maximum atomic E-state index is 12.6. The number of nitrogens with zero attached hydrogens (tertiary/aromatic N) is 1. The molecule has 3 heteroatoms. The van der Waals surface area contributed by atoms with Crippen molar-refractivity contribution >= 4 is 5.91 Å². The number of hydrogen-bond acceptors (Lipinski definition) is 2. The molecule has 2 fully saturated rings. The molecule has 0 aromatic carbocycles. The predicted molar refractivity (Wildman–Crippen MR) is 74.1 cm³/mol. The summed E-state index contributed by atoms with van der Waals surface area (Å²) in [6.07, 6.45) is 9.68. The van der Waals surface area contributed by atoms with Crippen LogP contribution in [0.4, 0.5) is 0 Å². The van der Waals surface area contributed by atoms with Crippen molar-refractivity contribution in [3.8, 4) is 0 Å². The highest BCUT2D eigenvalue weighted by Gasteiger charge is 2.30. The van der Waals surface area contributed by atoms with E-state index in [1.807, 2.05) is 4.90 Å². The number of amides is 1. The first kappa shape index (κ1) is 13.9. The smallest absolute Gasteiger partial charge is 0.225 e. The Morgan fingerprint density at radius 2 is 1.67 bits per heavy atom. The summed E-state index contributed by atoms with van der Waals surface area (Å²) in [5, 5.41) is 0. The minimum absolute atomic E-state index is 0.186. The van der Waals surface area contributed by atoms with Crippen LogP contribution in [0, 0.1) is 11.8 Å². The fraction of sp³-hybridized carbons (Fsp3) is 0.933. The largest absolute Gasteiger partial charge is 0.341 e. The number of hydrogen-bond donors (Lipinski definition) is 1. The zero-order valence-electron chi connectivity index (χ0n) is 11.7. The van der Waals surface area contributed by atoms with Gasteiger partial charge >= 0.3 is 0 Å². The second-order valence-electron chi connectivity index (χ2n) is 6.39. The molecule has 2 atom stereocenters. The Morgan fingerprint density at radius 3 is 2.28 bits per heavy atom. The van der Waals surface area contributed by atoms with E-state index in [0.29, 0.717) is 11.8 Å². The van der Waals surface area contributed by atoms with Gasteiger partial charge in [0.2, 0.25) is 5.91 Å². The number of likely N-dealkylation sites (tertiary alicyclic amines) is 1. The van der Waals surface area contributed by atoms with Crippen molar-refractivity contribution in [2.45, 2.75) is 64.3 Å². The summed E-state index contributed by atoms with van der Waals surface area (Å²) < 4.78 is 0. The Morgan fingerprint density at radius 1 is 1.06 bits per heavy atom. The average Bonchev–Trinajstić information content (AvgIpc) is 2.26. The van der Waals surface area contributed by atoms with Gasteiger partial charge in [-0.2, -0.15) is 0 Å². The number of piperidine rings is 1. The van der Waals surface area contributed by atoms with E-state index < -0.39 is 0 Å². The summed E-state index contributed by atoms with van der Waals surface area (Å²) >= 11 is 0. The first-order valence-corrected chi connectivity index (χ1v) is 7.71. The third-order valence-electron chi connectivity index (χ3n) is 4.46. The van der Waals surface area contributed by atoms with Crippen LogP contribution in [-0.2, 0) is 4.79 Å². The third-order valence-corrected chi connectivity index (χ3v) is 4.46. The molecule has 1 saturated heterocycles. The lowest BCUT2D eigenvalue weighted by molar-refractivity contribution is -0.138. The summed E-state index contributed by atoms with van der Waals surface area (Å²) in [7, 11) is 0. The lowest BCUT2D eigenvalue weighted by atomic mass is 9.88. The Balaban J connectivity index is 1.91. The third kappa shape index (κ3) is 3.71. The average molecular weight is 252 g/mol. The highest BCUT2D eigenvalue weighted by Crippen LogP contribution is 2.26. The molecule has 1 saturated carbocycles. The maximum Gasteiger partial charge on any atom is 0.225 e. The summed E-state index contributed by atoms with van der Waals surface area (Å²) in [6, 6.07) is 0.186. The van der Waals surface area contributed by atoms with Crippen molar-refractivity contribution in [1.29, 1.82) is 0 Å². The van der Waals surface area contributed by atoms with E-state index in [1.165, 1.54) is 32.1 Å². The van der Waals surface area contributed by atoms with E-state index >= 15 is 0 Å². The summed E-state index contributed by atoms with van der Waals surface area (Å²) in [4.78, 5) is 14.6. The van der Waals surface area contributed by atoms with Crippen molar-refractivity contribution in [2.24, 2.45) is 17.6 Å². The van der Waals surface area contributed by atoms with Gasteiger partial charge in [0, 0.05) is 25.0 Å². The second kappa shape index (κ2) is 6.55. The zero-order valence-corrected chi connectivity index (χ0v) is 11.7. The Hall–Kier alpha value is -0.570. The topological polar surface area (TPSA) is 46.3 Å². The minimum atomic E-state index is 0.186. The number of carbonyl (C=O) groups excluding carboxylic acids is 1. The second-order valence-corrected chi connectivity index (χ2v) is 6.39. The molecule has 104 valence electrons. The van der Waals surface area contributed by atoms with E-state index in [1.54, 1.807) is 0 Å². The van der Waals surface area contributed by atoms with Crippen molar-refractivity contribution in [3.05, 3.63) is 0 Å². The summed E-state index contributed by atoms with van der Waals surface area (Å²) in [5.74, 6) is 1.23. The van der Waals surface area contributed by atoms with Gasteiger partial charge < -0.3 is 10.6 Å². The van der Waals surface area contributed by atoms with Crippen LogP contribution in [0.3, 0.4) is 0 Å². The molecule has 1 heterocycles. The van der Waals surface area contributed by atoms with Crippen molar-refractivity contribution < 1.29 is 4.79 Å². The summed E-state index contributed by atoms with van der Waals surface area (Å²) in [6.45, 7) is 3.90. The Bertz CT molecular complexity index is 262. The predicted octanol–water partition coefficient (Wildman–Crippen LogP) is 2.54. The molecule has 2 aliphatic rings. The lowest BCUT2D eigenvalue weighted by Gasteiger charge is -2.37. The molecule has 0 aromatic heterocycles. The highest BCUT2D eigenvalue weighted by molar-refractivity contribution is 5.79. The van der Waals surface area contributed by atoms with Crippen molar-refractivity contribution in [3.63, 3.8) is 0 Å². The molecule has 1 aliphatic carbocycles. The van der Waals surface area contributed by atoms with Crippen molar-refractivity contribution in [1.82, 2.24) is 4.90 Å². The van der Waals surface area contributed by atoms with Crippen LogP contribution >= 0.6 is 0 Å². The Kier molecular flexibility index (Phi) is 5.04. The van der Waals surface area contributed by atoms with Crippen molar-refractivity contribution in [2.75, 3.05) is 13.1 Å². The van der Waals surface area contributed by atoms with Gasteiger partial charge in [-0.15, -0.1) is 0 Å². The minimum Gasteiger partial charge on any atom is -0.341 e. The van der Waals surface area contributed by atoms with E-state index in [4.69, 9.17) is 5.73 Å². The lowest BCUT2D eigenvalue weighted by Crippen LogP contribution is -2.50. The standard InChI is InChI=1S/C15H28N2O/c1-12-9-14(16)11-17(10-12)15(18)13-7-5-3-2-4-6-8-13/h12-14H,2-11,16H2,1H3. The maximum absolute atomic E-state index is 12.6. The van der Waals surface area contributed by atoms with Gasteiger partial charge in [-0.25, -0.2) is 0 Å². The van der Waals surface area contributed by atoms with Crippen LogP contribution in [0.2, 0.25) is 0 Å². The monoisotopic (exact) mass is 252 g/mol. The molecular weight excluding hydrogens is 224 g/mol. The molecule has 0 spiro atoms. The SMILES string of the molecule is CC1CC(N)CN(C(=O)C2CCCCCCC2)C1. The van der Waals surface area contributed by atoms with E-state index in [2.05, 4.69) is 6.92 Å². The summed E-state index contributed by atoms with van der Waals surface area (Å²) in [5.41, 5.74) is 6.04. The van der Waals surface area contributed by atoms with E-state index in [9.17, 15) is 4.79 Å². The number of nitrogens with two attached hydrogens (primary N) is 1. The zero-order chi connectivity index (χ0) is 13.0. The van der Waals surface area contributed by atoms with Crippen LogP contribution in [-0.4, -0.2) is 29.9 Å². The van der Waals surface area contributed by atoms with Crippen LogP contribution in [0.15, 0.2) is 0 Å². The van der Waals surface area contributed by atoms with E-state index in [-0.39, 0.29) is 12.0 Å². The van der Waals surface area contributed by atoms with Gasteiger partial charge in [0.05, 0.1) is 0 Å². The normalized spacial score (nSPS) is 31.8. The van der Waals surface area contributed by atoms with Crippen LogP contribution in [0.1, 0.15) is 58.3 Å². The van der Waals surface area contributed by atoms with Gasteiger partial charge in [0.15, 0.2) is 0 Å². The molecule has 1 aliphatic heterocycles. The van der Waals surface area contributed by atoms with Gasteiger partial charge in [-0.1, -0.05) is 39.0 Å². The highest BCUT2D eigenvalue weighted by atomic mass is 16.2. The number of carbonyl (C=O) groups is 1. The molecule has 18 heavy (non-hydrogen) atoms. The van der Waals surface area contributed by atoms with Gasteiger partial charge in [-0.3, -0.25) is 4.79 Å². The molecule has 0 radical (unpaired) electrons. The molecule has 3 nitrogen and oxygen atoms in total. The van der Waals surface area contributed by atoms with Gasteiger partial charge in [-0.05, 0) is 25.2 Å². The fourth-order valence-corrected chi connectivity index (χ4v) is 3.54. The van der Waals surface area contributed by atoms with Crippen LogP contribution < -0.4 is 5.73 Å². The molecular formula is C15H28N2O. The van der Waals surface area contributed by atoms with Crippen LogP contribution in [0.5, 0.6) is 0 Å². The molecule has 0 bridgehead atoms. The molecule has 2 N–H and O–H groups in total.